The van der Waals surface area contributed by atoms with Gasteiger partial charge >= 0.3 is 0 Å². The van der Waals surface area contributed by atoms with Crippen molar-refractivity contribution in [3.05, 3.63) is 101 Å². The molecule has 4 aromatic rings. The van der Waals surface area contributed by atoms with Gasteiger partial charge in [-0.25, -0.2) is 0 Å². The van der Waals surface area contributed by atoms with E-state index < -0.39 is 0 Å². The summed E-state index contributed by atoms with van der Waals surface area (Å²) < 4.78 is 28.0. The van der Waals surface area contributed by atoms with E-state index in [2.05, 4.69) is 12.1 Å². The molecular formula is C31H30O6. The molecule has 0 spiro atoms. The Balaban J connectivity index is 1.28. The van der Waals surface area contributed by atoms with Crippen molar-refractivity contribution >= 4 is 0 Å². The first-order valence-corrected chi connectivity index (χ1v) is 12.3. The van der Waals surface area contributed by atoms with Gasteiger partial charge in [0.15, 0.2) is 23.0 Å². The SMILES string of the molecule is COc1cccc(CCc2ccc(OC)c(Oc3cc(O)cc(CCc4ccc5c(c4)OCO5)c3)c2)c1. The van der Waals surface area contributed by atoms with Crippen molar-refractivity contribution < 1.29 is 28.8 Å². The molecule has 1 aliphatic rings. The van der Waals surface area contributed by atoms with Gasteiger partial charge in [0.05, 0.1) is 14.2 Å². The zero-order chi connectivity index (χ0) is 25.6. The maximum atomic E-state index is 10.4. The molecule has 0 aromatic heterocycles. The number of phenolic OH excluding ortho intramolecular Hbond substituents is 1. The lowest BCUT2D eigenvalue weighted by Crippen LogP contribution is -1.96. The van der Waals surface area contributed by atoms with Crippen molar-refractivity contribution in [2.24, 2.45) is 0 Å². The van der Waals surface area contributed by atoms with Crippen LogP contribution in [0.5, 0.6) is 40.2 Å². The van der Waals surface area contributed by atoms with Crippen LogP contribution in [-0.4, -0.2) is 26.1 Å². The summed E-state index contributed by atoms with van der Waals surface area (Å²) in [5.74, 6) is 4.37. The summed E-state index contributed by atoms with van der Waals surface area (Å²) >= 11 is 0. The van der Waals surface area contributed by atoms with Crippen LogP contribution in [0.4, 0.5) is 0 Å². The zero-order valence-corrected chi connectivity index (χ0v) is 21.0. The minimum atomic E-state index is 0.159. The van der Waals surface area contributed by atoms with Gasteiger partial charge in [-0.3, -0.25) is 0 Å². The molecule has 0 unspecified atom stereocenters. The third kappa shape index (κ3) is 6.09. The van der Waals surface area contributed by atoms with E-state index in [9.17, 15) is 5.11 Å². The normalized spacial score (nSPS) is 11.8. The Morgan fingerprint density at radius 3 is 2.14 bits per heavy atom. The van der Waals surface area contributed by atoms with Gasteiger partial charge in [0.25, 0.3) is 0 Å². The molecule has 0 atom stereocenters. The second-order valence-electron chi connectivity index (χ2n) is 8.96. The van der Waals surface area contributed by atoms with Crippen molar-refractivity contribution in [3.63, 3.8) is 0 Å². The number of phenols is 1. The Morgan fingerprint density at radius 1 is 0.622 bits per heavy atom. The van der Waals surface area contributed by atoms with Crippen LogP contribution in [0.15, 0.2) is 78.9 Å². The highest BCUT2D eigenvalue weighted by molar-refractivity contribution is 5.48. The van der Waals surface area contributed by atoms with Gasteiger partial charge in [0.2, 0.25) is 6.79 Å². The van der Waals surface area contributed by atoms with Gasteiger partial charge < -0.3 is 28.8 Å². The third-order valence-electron chi connectivity index (χ3n) is 6.38. The predicted octanol–water partition coefficient (Wildman–Crippen LogP) is 6.50. The second-order valence-corrected chi connectivity index (χ2v) is 8.96. The van der Waals surface area contributed by atoms with Gasteiger partial charge in [0, 0.05) is 6.07 Å². The van der Waals surface area contributed by atoms with Crippen molar-refractivity contribution in [1.82, 2.24) is 0 Å². The Labute approximate surface area is 217 Å². The molecule has 0 aliphatic carbocycles. The highest BCUT2D eigenvalue weighted by Gasteiger charge is 2.14. The number of hydrogen-bond acceptors (Lipinski definition) is 6. The van der Waals surface area contributed by atoms with Crippen molar-refractivity contribution in [3.8, 4) is 40.2 Å². The lowest BCUT2D eigenvalue weighted by Gasteiger charge is -2.14. The first-order chi connectivity index (χ1) is 18.1. The van der Waals surface area contributed by atoms with Crippen LogP contribution in [0, 0.1) is 0 Å². The van der Waals surface area contributed by atoms with Crippen LogP contribution < -0.4 is 23.7 Å². The monoisotopic (exact) mass is 498 g/mol. The molecule has 1 aliphatic heterocycles. The lowest BCUT2D eigenvalue weighted by molar-refractivity contribution is 0.174. The maximum Gasteiger partial charge on any atom is 0.231 e. The molecule has 37 heavy (non-hydrogen) atoms. The number of benzene rings is 4. The molecule has 0 radical (unpaired) electrons. The summed E-state index contributed by atoms with van der Waals surface area (Å²) in [6, 6.07) is 25.4. The fraction of sp³-hybridized carbons (Fsp3) is 0.226. The standard InChI is InChI=1S/C31H30O6/c1-33-26-5-3-4-21(15-26)6-7-23-10-12-28(34-2)31(18-23)37-27-16-24(14-25(32)19-27)9-8-22-11-13-29-30(17-22)36-20-35-29/h3-5,10-19,32H,6-9,20H2,1-2H3. The van der Waals surface area contributed by atoms with Crippen LogP contribution >= 0.6 is 0 Å². The van der Waals surface area contributed by atoms with E-state index in [4.69, 9.17) is 23.7 Å². The van der Waals surface area contributed by atoms with E-state index in [1.165, 1.54) is 5.56 Å². The van der Waals surface area contributed by atoms with E-state index in [-0.39, 0.29) is 12.5 Å². The highest BCUT2D eigenvalue weighted by atomic mass is 16.7. The summed E-state index contributed by atoms with van der Waals surface area (Å²) in [7, 11) is 3.30. The molecule has 190 valence electrons. The molecule has 0 saturated carbocycles. The van der Waals surface area contributed by atoms with Gasteiger partial charge in [-0.15, -0.1) is 0 Å². The zero-order valence-electron chi connectivity index (χ0n) is 21.0. The fourth-order valence-corrected chi connectivity index (χ4v) is 4.43. The number of aromatic hydroxyl groups is 1. The molecule has 6 heteroatoms. The minimum Gasteiger partial charge on any atom is -0.508 e. The first kappa shape index (κ1) is 24.4. The molecule has 0 amide bonds. The van der Waals surface area contributed by atoms with Crippen LogP contribution in [0.25, 0.3) is 0 Å². The molecular weight excluding hydrogens is 468 g/mol. The Morgan fingerprint density at radius 2 is 1.32 bits per heavy atom. The number of aryl methyl sites for hydroxylation is 4. The van der Waals surface area contributed by atoms with Crippen LogP contribution in [0.2, 0.25) is 0 Å². The molecule has 6 nitrogen and oxygen atoms in total. The Bertz CT molecular complexity index is 1380. The van der Waals surface area contributed by atoms with Crippen molar-refractivity contribution in [1.29, 1.82) is 0 Å². The first-order valence-electron chi connectivity index (χ1n) is 12.3. The third-order valence-corrected chi connectivity index (χ3v) is 6.38. The lowest BCUT2D eigenvalue weighted by atomic mass is 10.0. The number of rotatable bonds is 10. The van der Waals surface area contributed by atoms with E-state index >= 15 is 0 Å². The van der Waals surface area contributed by atoms with E-state index in [1.807, 2.05) is 54.6 Å². The molecule has 0 bridgehead atoms. The van der Waals surface area contributed by atoms with Gasteiger partial charge in [-0.05, 0) is 96.5 Å². The smallest absolute Gasteiger partial charge is 0.231 e. The molecule has 1 N–H and O–H groups in total. The van der Waals surface area contributed by atoms with Gasteiger partial charge in [0.1, 0.15) is 17.2 Å². The Kier molecular flexibility index (Phi) is 7.36. The number of hydrogen-bond donors (Lipinski definition) is 1. The fourth-order valence-electron chi connectivity index (χ4n) is 4.43. The molecule has 4 aromatic carbocycles. The second kappa shape index (κ2) is 11.2. The summed E-state index contributed by atoms with van der Waals surface area (Å²) in [5.41, 5.74) is 4.45. The number of methoxy groups -OCH3 is 2. The van der Waals surface area contributed by atoms with Crippen LogP contribution in [0.3, 0.4) is 0 Å². The summed E-state index contributed by atoms with van der Waals surface area (Å²) in [6.45, 7) is 0.262. The summed E-state index contributed by atoms with van der Waals surface area (Å²) in [5, 5.41) is 10.4. The van der Waals surface area contributed by atoms with Crippen molar-refractivity contribution in [2.75, 3.05) is 21.0 Å². The summed E-state index contributed by atoms with van der Waals surface area (Å²) in [4.78, 5) is 0. The van der Waals surface area contributed by atoms with Gasteiger partial charge in [-0.2, -0.15) is 0 Å². The predicted molar refractivity (Wildman–Crippen MR) is 142 cm³/mol. The number of fused-ring (bicyclic) bond motifs is 1. The largest absolute Gasteiger partial charge is 0.508 e. The van der Waals surface area contributed by atoms with Gasteiger partial charge in [-0.1, -0.05) is 24.3 Å². The molecule has 1 heterocycles. The summed E-state index contributed by atoms with van der Waals surface area (Å²) in [6.07, 6.45) is 3.25. The quantitative estimate of drug-likeness (QED) is 0.269. The van der Waals surface area contributed by atoms with Crippen LogP contribution in [0.1, 0.15) is 22.3 Å². The van der Waals surface area contributed by atoms with E-state index in [1.54, 1.807) is 26.4 Å². The topological polar surface area (TPSA) is 66.4 Å². The average molecular weight is 499 g/mol. The molecule has 5 rings (SSSR count). The molecule has 0 saturated heterocycles. The average Bonchev–Trinajstić information content (AvgIpc) is 3.39. The highest BCUT2D eigenvalue weighted by Crippen LogP contribution is 2.36. The number of ether oxygens (including phenoxy) is 5. The maximum absolute atomic E-state index is 10.4. The van der Waals surface area contributed by atoms with Crippen molar-refractivity contribution in [2.45, 2.75) is 25.7 Å². The van der Waals surface area contributed by atoms with Crippen LogP contribution in [-0.2, 0) is 25.7 Å². The van der Waals surface area contributed by atoms with E-state index in [0.717, 1.165) is 59.6 Å². The van der Waals surface area contributed by atoms with E-state index in [0.29, 0.717) is 17.2 Å². The molecule has 0 fully saturated rings. The Hall–Kier alpha value is -4.32. The minimum absolute atomic E-state index is 0.159.